The normalized spacial score (nSPS) is 11.8. The molecule has 0 aliphatic heterocycles. The fourth-order valence-electron chi connectivity index (χ4n) is 2.12. The Morgan fingerprint density at radius 2 is 1.76 bits per heavy atom. The molecule has 0 aliphatic carbocycles. The summed E-state index contributed by atoms with van der Waals surface area (Å²) in [6.45, 7) is 0. The Bertz CT molecular complexity index is 815. The maximum Gasteiger partial charge on any atom is 0.416 e. The van der Waals surface area contributed by atoms with Gasteiger partial charge in [-0.1, -0.05) is 12.1 Å². The number of phenols is 1. The van der Waals surface area contributed by atoms with E-state index in [1.165, 1.54) is 24.5 Å². The predicted octanol–water partition coefficient (Wildman–Crippen LogP) is 4.02. The van der Waals surface area contributed by atoms with Crippen molar-refractivity contribution in [2.24, 2.45) is 0 Å². The van der Waals surface area contributed by atoms with Crippen molar-refractivity contribution in [3.63, 3.8) is 0 Å². The van der Waals surface area contributed by atoms with Gasteiger partial charge >= 0.3 is 6.18 Å². The highest BCUT2D eigenvalue weighted by Gasteiger charge is 2.30. The van der Waals surface area contributed by atoms with Gasteiger partial charge in [0, 0.05) is 17.0 Å². The van der Waals surface area contributed by atoms with E-state index >= 15 is 0 Å². The Labute approximate surface area is 117 Å². The van der Waals surface area contributed by atoms with Gasteiger partial charge in [0.2, 0.25) is 0 Å². The highest BCUT2D eigenvalue weighted by molar-refractivity contribution is 5.92. The van der Waals surface area contributed by atoms with Gasteiger partial charge in [0.05, 0.1) is 16.8 Å². The molecule has 0 saturated heterocycles. The number of phenolic OH excluding ortho intramolecular Hbond substituents is 1. The maximum absolute atomic E-state index is 12.8. The molecule has 1 aromatic heterocycles. The molecule has 1 heterocycles. The van der Waals surface area contributed by atoms with Gasteiger partial charge in [-0.3, -0.25) is 0 Å². The monoisotopic (exact) mass is 290 g/mol. The van der Waals surface area contributed by atoms with Crippen LogP contribution in [-0.4, -0.2) is 15.1 Å². The van der Waals surface area contributed by atoms with E-state index in [0.717, 1.165) is 12.1 Å². The van der Waals surface area contributed by atoms with E-state index < -0.39 is 11.7 Å². The lowest BCUT2D eigenvalue weighted by Gasteiger charge is -2.10. The van der Waals surface area contributed by atoms with Crippen molar-refractivity contribution in [2.45, 2.75) is 6.18 Å². The standard InChI is InChI=1S/C15H9F3N2O/c16-15(17,18)10-3-1-2-9(6-10)14-12-5-4-11(21)7-13(12)19-8-20-14/h1-8,21H. The zero-order chi connectivity index (χ0) is 15.0. The lowest BCUT2D eigenvalue weighted by atomic mass is 10.0. The van der Waals surface area contributed by atoms with E-state index in [1.807, 2.05) is 0 Å². The predicted molar refractivity (Wildman–Crippen MR) is 71.6 cm³/mol. The average Bonchev–Trinajstić information content (AvgIpc) is 2.45. The highest BCUT2D eigenvalue weighted by atomic mass is 19.4. The van der Waals surface area contributed by atoms with Crippen LogP contribution in [0.5, 0.6) is 5.75 Å². The topological polar surface area (TPSA) is 46.0 Å². The van der Waals surface area contributed by atoms with Crippen LogP contribution in [-0.2, 0) is 6.18 Å². The van der Waals surface area contributed by atoms with Crippen LogP contribution in [0.15, 0.2) is 48.8 Å². The van der Waals surface area contributed by atoms with Crippen molar-refractivity contribution >= 4 is 10.9 Å². The third-order valence-corrected chi connectivity index (χ3v) is 3.08. The number of benzene rings is 2. The molecule has 0 fully saturated rings. The van der Waals surface area contributed by atoms with Gasteiger partial charge in [0.15, 0.2) is 0 Å². The van der Waals surface area contributed by atoms with Crippen LogP contribution >= 0.6 is 0 Å². The van der Waals surface area contributed by atoms with Crippen LogP contribution < -0.4 is 0 Å². The van der Waals surface area contributed by atoms with Crippen LogP contribution in [0.25, 0.3) is 22.2 Å². The Morgan fingerprint density at radius 1 is 0.952 bits per heavy atom. The zero-order valence-corrected chi connectivity index (χ0v) is 10.6. The lowest BCUT2D eigenvalue weighted by Crippen LogP contribution is -2.04. The van der Waals surface area contributed by atoms with Gasteiger partial charge in [-0.25, -0.2) is 9.97 Å². The summed E-state index contributed by atoms with van der Waals surface area (Å²) in [5, 5.41) is 10.0. The molecule has 3 nitrogen and oxygen atoms in total. The number of hydrogen-bond donors (Lipinski definition) is 1. The molecule has 2 aromatic carbocycles. The molecule has 0 unspecified atom stereocenters. The van der Waals surface area contributed by atoms with Gasteiger partial charge in [0.1, 0.15) is 12.1 Å². The number of nitrogens with zero attached hydrogens (tertiary/aromatic N) is 2. The molecule has 0 saturated carbocycles. The fraction of sp³-hybridized carbons (Fsp3) is 0.0667. The molecule has 3 aromatic rings. The van der Waals surface area contributed by atoms with Crippen molar-refractivity contribution < 1.29 is 18.3 Å². The summed E-state index contributed by atoms with van der Waals surface area (Å²) >= 11 is 0. The summed E-state index contributed by atoms with van der Waals surface area (Å²) in [5.74, 6) is 0.0381. The number of halogens is 3. The maximum atomic E-state index is 12.8. The van der Waals surface area contributed by atoms with E-state index in [0.29, 0.717) is 22.2 Å². The van der Waals surface area contributed by atoms with Crippen LogP contribution in [0.2, 0.25) is 0 Å². The smallest absolute Gasteiger partial charge is 0.416 e. The summed E-state index contributed by atoms with van der Waals surface area (Å²) in [6, 6.07) is 9.43. The molecule has 6 heteroatoms. The summed E-state index contributed by atoms with van der Waals surface area (Å²) in [6.07, 6.45) is -3.14. The minimum absolute atomic E-state index is 0.0381. The number of alkyl halides is 3. The van der Waals surface area contributed by atoms with Crippen LogP contribution in [0.1, 0.15) is 5.56 Å². The quantitative estimate of drug-likeness (QED) is 0.736. The number of rotatable bonds is 1. The van der Waals surface area contributed by atoms with E-state index in [4.69, 9.17) is 0 Å². The Hall–Kier alpha value is -2.63. The molecular formula is C15H9F3N2O. The summed E-state index contributed by atoms with van der Waals surface area (Å²) < 4.78 is 38.4. The Morgan fingerprint density at radius 3 is 2.52 bits per heavy atom. The molecule has 0 radical (unpaired) electrons. The molecular weight excluding hydrogens is 281 g/mol. The first kappa shape index (κ1) is 13.4. The van der Waals surface area contributed by atoms with E-state index in [9.17, 15) is 18.3 Å². The van der Waals surface area contributed by atoms with Crippen LogP contribution in [0, 0.1) is 0 Å². The molecule has 0 amide bonds. The fourth-order valence-corrected chi connectivity index (χ4v) is 2.12. The first-order chi connectivity index (χ1) is 9.95. The molecule has 21 heavy (non-hydrogen) atoms. The first-order valence-electron chi connectivity index (χ1n) is 6.06. The molecule has 1 N–H and O–H groups in total. The van der Waals surface area contributed by atoms with Gasteiger partial charge in [-0.2, -0.15) is 13.2 Å². The van der Waals surface area contributed by atoms with Crippen molar-refractivity contribution in [1.82, 2.24) is 9.97 Å². The minimum Gasteiger partial charge on any atom is -0.508 e. The third kappa shape index (κ3) is 2.52. The zero-order valence-electron chi connectivity index (χ0n) is 10.6. The van der Waals surface area contributed by atoms with Crippen LogP contribution in [0.3, 0.4) is 0 Å². The number of fused-ring (bicyclic) bond motifs is 1. The van der Waals surface area contributed by atoms with Crippen molar-refractivity contribution in [2.75, 3.05) is 0 Å². The number of aromatic nitrogens is 2. The van der Waals surface area contributed by atoms with Crippen LogP contribution in [0.4, 0.5) is 13.2 Å². The Balaban J connectivity index is 2.21. The van der Waals surface area contributed by atoms with Gasteiger partial charge in [0.25, 0.3) is 0 Å². The van der Waals surface area contributed by atoms with Gasteiger partial charge < -0.3 is 5.11 Å². The molecule has 0 bridgehead atoms. The van der Waals surface area contributed by atoms with E-state index in [1.54, 1.807) is 12.1 Å². The average molecular weight is 290 g/mol. The molecule has 3 rings (SSSR count). The lowest BCUT2D eigenvalue weighted by molar-refractivity contribution is -0.137. The second kappa shape index (κ2) is 4.73. The SMILES string of the molecule is Oc1ccc2c(-c3cccc(C(F)(F)F)c3)ncnc2c1. The van der Waals surface area contributed by atoms with Gasteiger partial charge in [-0.05, 0) is 24.3 Å². The molecule has 106 valence electrons. The van der Waals surface area contributed by atoms with Crippen molar-refractivity contribution in [1.29, 1.82) is 0 Å². The summed E-state index contributed by atoms with van der Waals surface area (Å²) in [4.78, 5) is 8.08. The number of hydrogen-bond acceptors (Lipinski definition) is 3. The first-order valence-corrected chi connectivity index (χ1v) is 6.06. The largest absolute Gasteiger partial charge is 0.508 e. The van der Waals surface area contributed by atoms with Crippen molar-refractivity contribution in [3.05, 3.63) is 54.4 Å². The number of aromatic hydroxyl groups is 1. The summed E-state index contributed by atoms with van der Waals surface area (Å²) in [5.41, 5.74) is 0.483. The third-order valence-electron chi connectivity index (χ3n) is 3.08. The molecule has 0 atom stereocenters. The second-order valence-electron chi connectivity index (χ2n) is 4.50. The second-order valence-corrected chi connectivity index (χ2v) is 4.50. The van der Waals surface area contributed by atoms with Crippen molar-refractivity contribution in [3.8, 4) is 17.0 Å². The summed E-state index contributed by atoms with van der Waals surface area (Å²) in [7, 11) is 0. The van der Waals surface area contributed by atoms with E-state index in [2.05, 4.69) is 9.97 Å². The Kier molecular flexibility index (Phi) is 3.01. The highest BCUT2D eigenvalue weighted by Crippen LogP contribution is 2.33. The minimum atomic E-state index is -4.41. The van der Waals surface area contributed by atoms with E-state index in [-0.39, 0.29) is 5.75 Å². The van der Waals surface area contributed by atoms with Gasteiger partial charge in [-0.15, -0.1) is 0 Å². The molecule has 0 spiro atoms. The molecule has 0 aliphatic rings.